The molecule has 92 valence electrons. The van der Waals surface area contributed by atoms with Crippen molar-refractivity contribution < 1.29 is 9.66 Å². The molecule has 1 heterocycles. The fraction of sp³-hybridized carbons (Fsp3) is 0.455. The zero-order valence-electron chi connectivity index (χ0n) is 9.68. The van der Waals surface area contributed by atoms with Crippen LogP contribution in [0.3, 0.4) is 0 Å². The van der Waals surface area contributed by atoms with Gasteiger partial charge in [0.25, 0.3) is 0 Å². The maximum absolute atomic E-state index is 11.2. The summed E-state index contributed by atoms with van der Waals surface area (Å²) >= 11 is 0. The topological polar surface area (TPSA) is 67.6 Å². The minimum Gasteiger partial charge on any atom is -0.382 e. The van der Waals surface area contributed by atoms with Gasteiger partial charge in [0.15, 0.2) is 0 Å². The quantitative estimate of drug-likeness (QED) is 0.637. The SMILES string of the molecule is CNc1cccc(N2CCOCC2)c1[N+](=O)[O-]. The Bertz CT molecular complexity index is 416. The highest BCUT2D eigenvalue weighted by atomic mass is 16.6. The molecule has 0 spiro atoms. The molecule has 0 aliphatic carbocycles. The maximum Gasteiger partial charge on any atom is 0.315 e. The second-order valence-corrected chi connectivity index (χ2v) is 3.78. The molecule has 2 rings (SSSR count). The van der Waals surface area contributed by atoms with Crippen molar-refractivity contribution in [1.29, 1.82) is 0 Å². The average Bonchev–Trinajstić information content (AvgIpc) is 2.38. The van der Waals surface area contributed by atoms with Gasteiger partial charge in [-0.15, -0.1) is 0 Å². The fourth-order valence-corrected chi connectivity index (χ4v) is 1.98. The van der Waals surface area contributed by atoms with Crippen molar-refractivity contribution in [2.45, 2.75) is 0 Å². The Morgan fingerprint density at radius 1 is 1.41 bits per heavy atom. The molecule has 1 aliphatic heterocycles. The van der Waals surface area contributed by atoms with Crippen LogP contribution in [0.25, 0.3) is 0 Å². The van der Waals surface area contributed by atoms with Crippen LogP contribution >= 0.6 is 0 Å². The maximum atomic E-state index is 11.2. The van der Waals surface area contributed by atoms with Gasteiger partial charge in [0.2, 0.25) is 0 Å². The molecule has 17 heavy (non-hydrogen) atoms. The third kappa shape index (κ3) is 2.31. The molecule has 6 heteroatoms. The summed E-state index contributed by atoms with van der Waals surface area (Å²) in [5.74, 6) is 0. The van der Waals surface area contributed by atoms with Crippen LogP contribution in [0.15, 0.2) is 18.2 Å². The van der Waals surface area contributed by atoms with Crippen LogP contribution in [0, 0.1) is 10.1 Å². The molecular weight excluding hydrogens is 222 g/mol. The molecule has 1 N–H and O–H groups in total. The van der Waals surface area contributed by atoms with Crippen LogP contribution in [0.1, 0.15) is 0 Å². The average molecular weight is 237 g/mol. The van der Waals surface area contributed by atoms with Crippen molar-refractivity contribution in [3.05, 3.63) is 28.3 Å². The Balaban J connectivity index is 2.40. The highest BCUT2D eigenvalue weighted by molar-refractivity contribution is 5.77. The lowest BCUT2D eigenvalue weighted by molar-refractivity contribution is -0.383. The van der Waals surface area contributed by atoms with E-state index in [1.807, 2.05) is 11.0 Å². The molecular formula is C11H15N3O3. The van der Waals surface area contributed by atoms with E-state index >= 15 is 0 Å². The van der Waals surface area contributed by atoms with E-state index in [4.69, 9.17) is 4.74 Å². The van der Waals surface area contributed by atoms with Crippen LogP contribution in [-0.4, -0.2) is 38.3 Å². The van der Waals surface area contributed by atoms with E-state index in [9.17, 15) is 10.1 Å². The molecule has 1 aromatic rings. The zero-order valence-corrected chi connectivity index (χ0v) is 9.68. The van der Waals surface area contributed by atoms with Crippen molar-refractivity contribution in [3.63, 3.8) is 0 Å². The lowest BCUT2D eigenvalue weighted by Crippen LogP contribution is -2.36. The number of morpholine rings is 1. The number of rotatable bonds is 3. The first kappa shape index (κ1) is 11.7. The summed E-state index contributed by atoms with van der Waals surface area (Å²) in [7, 11) is 1.69. The fourth-order valence-electron chi connectivity index (χ4n) is 1.98. The van der Waals surface area contributed by atoms with E-state index in [2.05, 4.69) is 5.32 Å². The molecule has 0 aromatic heterocycles. The number of nitrogens with one attached hydrogen (secondary N) is 1. The largest absolute Gasteiger partial charge is 0.382 e. The summed E-state index contributed by atoms with van der Waals surface area (Å²) in [5.41, 5.74) is 1.33. The van der Waals surface area contributed by atoms with Gasteiger partial charge >= 0.3 is 5.69 Å². The number of anilines is 2. The Morgan fingerprint density at radius 3 is 2.71 bits per heavy atom. The molecule has 0 unspecified atom stereocenters. The molecule has 0 saturated carbocycles. The van der Waals surface area contributed by atoms with E-state index in [-0.39, 0.29) is 10.6 Å². The molecule has 0 radical (unpaired) electrons. The number of ether oxygens (including phenoxy) is 1. The van der Waals surface area contributed by atoms with Gasteiger partial charge in [-0.05, 0) is 12.1 Å². The molecule has 1 aliphatic rings. The first-order chi connectivity index (χ1) is 8.24. The van der Waals surface area contributed by atoms with Gasteiger partial charge in [0, 0.05) is 20.1 Å². The lowest BCUT2D eigenvalue weighted by atomic mass is 10.2. The number of hydrogen-bond donors (Lipinski definition) is 1. The summed E-state index contributed by atoms with van der Waals surface area (Å²) in [6.45, 7) is 2.60. The minimum atomic E-state index is -0.337. The third-order valence-electron chi connectivity index (χ3n) is 2.82. The number of benzene rings is 1. The Labute approximate surface area is 99.3 Å². The molecule has 1 aromatic carbocycles. The second-order valence-electron chi connectivity index (χ2n) is 3.78. The van der Waals surface area contributed by atoms with Gasteiger partial charge in [0.05, 0.1) is 18.1 Å². The van der Waals surface area contributed by atoms with Crippen LogP contribution < -0.4 is 10.2 Å². The molecule has 0 amide bonds. The van der Waals surface area contributed by atoms with Crippen molar-refractivity contribution in [2.75, 3.05) is 43.6 Å². The summed E-state index contributed by atoms with van der Waals surface area (Å²) in [5, 5.41) is 14.0. The smallest absolute Gasteiger partial charge is 0.315 e. The van der Waals surface area contributed by atoms with E-state index in [0.717, 1.165) is 0 Å². The Morgan fingerprint density at radius 2 is 2.12 bits per heavy atom. The molecule has 0 bridgehead atoms. The van der Waals surface area contributed by atoms with Gasteiger partial charge < -0.3 is 15.0 Å². The molecule has 1 fully saturated rings. The van der Waals surface area contributed by atoms with Crippen molar-refractivity contribution >= 4 is 17.1 Å². The summed E-state index contributed by atoms with van der Waals surface area (Å²) in [4.78, 5) is 12.8. The number of nitrogens with zero attached hydrogens (tertiary/aromatic N) is 2. The van der Waals surface area contributed by atoms with Gasteiger partial charge in [0.1, 0.15) is 11.4 Å². The Hall–Kier alpha value is -1.82. The number of nitro benzene ring substituents is 1. The summed E-state index contributed by atoms with van der Waals surface area (Å²) in [6, 6.07) is 5.32. The number of hydrogen-bond acceptors (Lipinski definition) is 5. The molecule has 6 nitrogen and oxygen atoms in total. The predicted octanol–water partition coefficient (Wildman–Crippen LogP) is 1.47. The monoisotopic (exact) mass is 237 g/mol. The predicted molar refractivity (Wildman–Crippen MR) is 65.7 cm³/mol. The molecule has 0 atom stereocenters. The normalized spacial score (nSPS) is 15.7. The van der Waals surface area contributed by atoms with Gasteiger partial charge in [-0.3, -0.25) is 10.1 Å². The van der Waals surface area contributed by atoms with E-state index < -0.39 is 0 Å². The highest BCUT2D eigenvalue weighted by Crippen LogP contribution is 2.35. The van der Waals surface area contributed by atoms with E-state index in [1.165, 1.54) is 0 Å². The van der Waals surface area contributed by atoms with E-state index in [1.54, 1.807) is 19.2 Å². The van der Waals surface area contributed by atoms with Crippen LogP contribution in [-0.2, 0) is 4.74 Å². The van der Waals surface area contributed by atoms with E-state index in [0.29, 0.717) is 37.7 Å². The second kappa shape index (κ2) is 5.01. The van der Waals surface area contributed by atoms with Crippen molar-refractivity contribution in [1.82, 2.24) is 0 Å². The summed E-state index contributed by atoms with van der Waals surface area (Å²) in [6.07, 6.45) is 0. The van der Waals surface area contributed by atoms with Crippen molar-refractivity contribution in [2.24, 2.45) is 0 Å². The van der Waals surface area contributed by atoms with Gasteiger partial charge in [-0.1, -0.05) is 6.07 Å². The Kier molecular flexibility index (Phi) is 3.43. The zero-order chi connectivity index (χ0) is 12.3. The number of nitro groups is 1. The van der Waals surface area contributed by atoms with Gasteiger partial charge in [-0.25, -0.2) is 0 Å². The minimum absolute atomic E-state index is 0.136. The summed E-state index contributed by atoms with van der Waals surface area (Å²) < 4.78 is 5.25. The lowest BCUT2D eigenvalue weighted by Gasteiger charge is -2.28. The van der Waals surface area contributed by atoms with Crippen LogP contribution in [0.2, 0.25) is 0 Å². The standard InChI is InChI=1S/C11H15N3O3/c1-12-9-3-2-4-10(11(9)14(15)16)13-5-7-17-8-6-13/h2-4,12H,5-8H2,1H3. The third-order valence-corrected chi connectivity index (χ3v) is 2.82. The first-order valence-electron chi connectivity index (χ1n) is 5.52. The van der Waals surface area contributed by atoms with Crippen molar-refractivity contribution in [3.8, 4) is 0 Å². The number of para-hydroxylation sites is 1. The highest BCUT2D eigenvalue weighted by Gasteiger charge is 2.24. The van der Waals surface area contributed by atoms with Crippen LogP contribution in [0.5, 0.6) is 0 Å². The van der Waals surface area contributed by atoms with Gasteiger partial charge in [-0.2, -0.15) is 0 Å². The molecule has 1 saturated heterocycles. The van der Waals surface area contributed by atoms with Crippen LogP contribution in [0.4, 0.5) is 17.1 Å². The first-order valence-corrected chi connectivity index (χ1v) is 5.52.